The Kier molecular flexibility index (Phi) is 11.4. The zero-order valence-electron chi connectivity index (χ0n) is 28.3. The third-order valence-corrected chi connectivity index (χ3v) is 8.16. The summed E-state index contributed by atoms with van der Waals surface area (Å²) in [5.74, 6) is -3.65. The average Bonchev–Trinajstić information content (AvgIpc) is 3.89. The van der Waals surface area contributed by atoms with Gasteiger partial charge in [-0.15, -0.1) is 0 Å². The van der Waals surface area contributed by atoms with Gasteiger partial charge in [-0.3, -0.25) is 14.4 Å². The van der Waals surface area contributed by atoms with Crippen LogP contribution < -0.4 is 31.3 Å². The van der Waals surface area contributed by atoms with Crippen LogP contribution in [0.5, 0.6) is 6.01 Å². The molecule has 18 heteroatoms. The van der Waals surface area contributed by atoms with E-state index in [0.29, 0.717) is 10.7 Å². The van der Waals surface area contributed by atoms with Crippen molar-refractivity contribution < 1.29 is 42.2 Å². The number of carboxylic acid groups (broad SMARTS) is 1. The molecule has 1 saturated carbocycles. The van der Waals surface area contributed by atoms with Gasteiger partial charge in [0.1, 0.15) is 0 Å². The molecule has 1 heterocycles. The summed E-state index contributed by atoms with van der Waals surface area (Å²) in [7, 11) is 0. The zero-order valence-corrected chi connectivity index (χ0v) is 29.1. The Morgan fingerprint density at radius 3 is 2.13 bits per heavy atom. The van der Waals surface area contributed by atoms with E-state index in [4.69, 9.17) is 21.4 Å². The third-order valence-electron chi connectivity index (χ3n) is 7.91. The van der Waals surface area contributed by atoms with Gasteiger partial charge in [-0.2, -0.15) is 28.1 Å². The van der Waals surface area contributed by atoms with E-state index in [9.17, 15) is 32.3 Å². The van der Waals surface area contributed by atoms with E-state index in [-0.39, 0.29) is 41.8 Å². The predicted molar refractivity (Wildman–Crippen MR) is 188 cm³/mol. The van der Waals surface area contributed by atoms with Crippen molar-refractivity contribution in [1.82, 2.24) is 25.6 Å². The molecule has 0 bridgehead atoms. The molecular weight excluding hydrogens is 721 g/mol. The highest BCUT2D eigenvalue weighted by Crippen LogP contribution is 2.48. The number of nitrogens with one attached hydrogen (secondary N) is 5. The second kappa shape index (κ2) is 15.7. The minimum atomic E-state index is -4.62. The number of benzene rings is 3. The molecule has 6 N–H and O–H groups in total. The normalized spacial score (nSPS) is 13.3. The van der Waals surface area contributed by atoms with Gasteiger partial charge in [0.25, 0.3) is 5.91 Å². The topological polar surface area (TPSA) is 197 Å². The summed E-state index contributed by atoms with van der Waals surface area (Å²) in [4.78, 5) is 61.1. The largest absolute Gasteiger partial charge is 0.478 e. The van der Waals surface area contributed by atoms with Crippen LogP contribution in [0.1, 0.15) is 53.0 Å². The molecule has 0 aliphatic heterocycles. The predicted octanol–water partition coefficient (Wildman–Crippen LogP) is 5.52. The van der Waals surface area contributed by atoms with E-state index in [2.05, 4.69) is 41.5 Å². The number of aromatic carboxylic acids is 1. The third kappa shape index (κ3) is 11.0. The van der Waals surface area contributed by atoms with Gasteiger partial charge >= 0.3 is 30.0 Å². The Labute approximate surface area is 305 Å². The number of nitrogens with zero attached hydrogens (tertiary/aromatic N) is 3. The molecule has 1 fully saturated rings. The minimum absolute atomic E-state index is 0.00641. The van der Waals surface area contributed by atoms with Crippen molar-refractivity contribution in [3.8, 4) is 6.01 Å². The summed E-state index contributed by atoms with van der Waals surface area (Å²) < 4.78 is 43.6. The number of hydrogen-bond donors (Lipinski definition) is 6. The first-order valence-corrected chi connectivity index (χ1v) is 16.4. The molecule has 278 valence electrons. The Hall–Kier alpha value is -5.97. The van der Waals surface area contributed by atoms with E-state index in [1.807, 2.05) is 12.1 Å². The molecule has 1 aliphatic carbocycles. The number of halogens is 4. The van der Waals surface area contributed by atoms with Crippen molar-refractivity contribution in [2.24, 2.45) is 5.41 Å². The van der Waals surface area contributed by atoms with E-state index < -0.39 is 53.4 Å². The van der Waals surface area contributed by atoms with Gasteiger partial charge in [0, 0.05) is 35.1 Å². The molecule has 0 radical (unpaired) electrons. The van der Waals surface area contributed by atoms with E-state index in [0.717, 1.165) is 18.4 Å². The lowest BCUT2D eigenvalue weighted by Gasteiger charge is -2.25. The van der Waals surface area contributed by atoms with Crippen LogP contribution in [0.4, 0.5) is 36.4 Å². The van der Waals surface area contributed by atoms with Crippen molar-refractivity contribution in [2.45, 2.75) is 38.4 Å². The van der Waals surface area contributed by atoms with Gasteiger partial charge in [0.15, 0.2) is 6.61 Å². The number of amides is 3. The van der Waals surface area contributed by atoms with Crippen LogP contribution in [0.3, 0.4) is 0 Å². The summed E-state index contributed by atoms with van der Waals surface area (Å²) in [5.41, 5.74) is 0.469. The maximum Gasteiger partial charge on any atom is 0.422 e. The Morgan fingerprint density at radius 1 is 0.830 bits per heavy atom. The second-order valence-electron chi connectivity index (χ2n) is 13.0. The van der Waals surface area contributed by atoms with Crippen molar-refractivity contribution in [3.63, 3.8) is 0 Å². The maximum absolute atomic E-state index is 12.9. The highest BCUT2D eigenvalue weighted by atomic mass is 35.5. The minimum Gasteiger partial charge on any atom is -0.478 e. The Morgan fingerprint density at radius 2 is 1.49 bits per heavy atom. The SMILES string of the molecule is CC(C)(CNC(=O)C(=O)Nc1cccc(C(=O)O)c1)CNC(=O)c1ccc(Nc2nc(NC3(c4ccc(Cl)cc4)CC3)nc(OCC(F)(F)F)n2)cc1. The summed E-state index contributed by atoms with van der Waals surface area (Å²) in [5, 5.41) is 23.4. The molecule has 0 saturated heterocycles. The van der Waals surface area contributed by atoms with E-state index in [1.54, 1.807) is 38.1 Å². The lowest BCUT2D eigenvalue weighted by atomic mass is 9.93. The Bertz CT molecular complexity index is 1990. The van der Waals surface area contributed by atoms with E-state index >= 15 is 0 Å². The van der Waals surface area contributed by atoms with Crippen LogP contribution in [0.2, 0.25) is 5.02 Å². The van der Waals surface area contributed by atoms with Crippen molar-refractivity contribution in [1.29, 1.82) is 0 Å². The van der Waals surface area contributed by atoms with E-state index in [1.165, 1.54) is 36.4 Å². The molecule has 1 aliphatic rings. The monoisotopic (exact) mass is 754 g/mol. The van der Waals surface area contributed by atoms with Crippen LogP contribution >= 0.6 is 11.6 Å². The van der Waals surface area contributed by atoms with Gasteiger partial charge in [0.05, 0.1) is 11.1 Å². The van der Waals surface area contributed by atoms with Crippen molar-refractivity contribution in [3.05, 3.63) is 94.5 Å². The lowest BCUT2D eigenvalue weighted by molar-refractivity contribution is -0.154. The van der Waals surface area contributed by atoms with Gasteiger partial charge in [-0.05, 0) is 78.4 Å². The molecule has 4 aromatic rings. The Balaban J connectivity index is 1.16. The molecule has 14 nitrogen and oxygen atoms in total. The first-order chi connectivity index (χ1) is 25.0. The zero-order chi connectivity index (χ0) is 38.4. The van der Waals surface area contributed by atoms with Crippen LogP contribution in [0, 0.1) is 5.41 Å². The number of hydrogen-bond acceptors (Lipinski definition) is 10. The van der Waals surface area contributed by atoms with Gasteiger partial charge in [-0.1, -0.05) is 43.6 Å². The number of rotatable bonds is 14. The molecule has 1 aromatic heterocycles. The van der Waals surface area contributed by atoms with Gasteiger partial charge < -0.3 is 36.4 Å². The molecular formula is C35H34ClF3N8O6. The number of carboxylic acids is 1. The van der Waals surface area contributed by atoms with Gasteiger partial charge in [0.2, 0.25) is 11.9 Å². The fraction of sp³-hybridized carbons (Fsp3) is 0.286. The standard InChI is InChI=1S/C35H34ClF3N8O6/c1-33(2,18-41-27(49)28(50)42-25-5-3-4-21(16-25)29(51)52)17-40-26(48)20-6-12-24(13-7-20)43-30-44-31(46-32(45-30)53-19-35(37,38)39)47-34(14-15-34)22-8-10-23(36)11-9-22/h3-13,16H,14-15,17-19H2,1-2H3,(H,40,48)(H,41,49)(H,42,50)(H,51,52)(H2,43,44,45,46,47). The van der Waals surface area contributed by atoms with Crippen LogP contribution in [-0.2, 0) is 15.1 Å². The van der Waals surface area contributed by atoms with Crippen molar-refractivity contribution in [2.75, 3.05) is 35.6 Å². The highest BCUT2D eigenvalue weighted by molar-refractivity contribution is 6.39. The fourth-order valence-corrected chi connectivity index (χ4v) is 5.03. The molecule has 3 aromatic carbocycles. The second-order valence-corrected chi connectivity index (χ2v) is 13.4. The summed E-state index contributed by atoms with van der Waals surface area (Å²) >= 11 is 6.02. The summed E-state index contributed by atoms with van der Waals surface area (Å²) in [6, 6.07) is 18.2. The molecule has 5 rings (SSSR count). The molecule has 0 spiro atoms. The molecule has 0 atom stereocenters. The number of aromatic nitrogens is 3. The number of carbonyl (C=O) groups is 4. The van der Waals surface area contributed by atoms with Crippen molar-refractivity contribution >= 4 is 58.6 Å². The van der Waals surface area contributed by atoms with Gasteiger partial charge in [-0.25, -0.2) is 4.79 Å². The molecule has 53 heavy (non-hydrogen) atoms. The van der Waals surface area contributed by atoms with Crippen LogP contribution in [0.25, 0.3) is 0 Å². The first-order valence-electron chi connectivity index (χ1n) is 16.1. The maximum atomic E-state index is 12.9. The number of anilines is 4. The summed E-state index contributed by atoms with van der Waals surface area (Å²) in [6.45, 7) is 2.06. The quantitative estimate of drug-likeness (QED) is 0.0887. The lowest BCUT2D eigenvalue weighted by Crippen LogP contribution is -2.44. The molecule has 0 unspecified atom stereocenters. The number of ether oxygens (including phenoxy) is 1. The first kappa shape index (κ1) is 38.3. The smallest absolute Gasteiger partial charge is 0.422 e. The van der Waals surface area contributed by atoms with Crippen LogP contribution in [0.15, 0.2) is 72.8 Å². The fourth-order valence-electron chi connectivity index (χ4n) is 4.91. The summed E-state index contributed by atoms with van der Waals surface area (Å²) in [6.07, 6.45) is -3.17. The highest BCUT2D eigenvalue weighted by Gasteiger charge is 2.45. The average molecular weight is 755 g/mol. The number of carbonyl (C=O) groups excluding carboxylic acids is 3. The van der Waals surface area contributed by atoms with Crippen LogP contribution in [-0.4, -0.2) is 69.6 Å². The number of alkyl halides is 3. The molecule has 3 amide bonds.